The van der Waals surface area contributed by atoms with Crippen molar-refractivity contribution in [2.75, 3.05) is 19.6 Å². The van der Waals surface area contributed by atoms with Crippen LogP contribution in [0.25, 0.3) is 21.9 Å². The molecule has 1 fully saturated rings. The van der Waals surface area contributed by atoms with Gasteiger partial charge in [0.05, 0.1) is 29.3 Å². The number of benzene rings is 1. The fraction of sp³-hybridized carbons (Fsp3) is 0.292. The van der Waals surface area contributed by atoms with E-state index >= 15 is 0 Å². The summed E-state index contributed by atoms with van der Waals surface area (Å²) in [5.41, 5.74) is 2.12. The molecule has 1 saturated heterocycles. The van der Waals surface area contributed by atoms with Crippen molar-refractivity contribution in [2.45, 2.75) is 25.8 Å². The molecule has 0 bridgehead atoms. The van der Waals surface area contributed by atoms with E-state index in [1.807, 2.05) is 17.9 Å². The number of ketones is 1. The lowest BCUT2D eigenvalue weighted by Crippen LogP contribution is -2.38. The predicted molar refractivity (Wildman–Crippen MR) is 124 cm³/mol. The summed E-state index contributed by atoms with van der Waals surface area (Å²) >= 11 is 0. The molecule has 10 nitrogen and oxygen atoms in total. The predicted octanol–water partition coefficient (Wildman–Crippen LogP) is 3.44. The molecule has 4 aromatic rings. The zero-order valence-electron chi connectivity index (χ0n) is 18.5. The van der Waals surface area contributed by atoms with Crippen LogP contribution in [0, 0.1) is 6.92 Å². The van der Waals surface area contributed by atoms with E-state index in [2.05, 4.69) is 14.5 Å². The van der Waals surface area contributed by atoms with Gasteiger partial charge in [-0.15, -0.1) is 0 Å². The number of nitrogens with zero attached hydrogens (tertiary/aromatic N) is 5. The molecule has 0 atom stereocenters. The lowest BCUT2D eigenvalue weighted by atomic mass is 10.0. The second kappa shape index (κ2) is 8.38. The second-order valence-corrected chi connectivity index (χ2v) is 8.52. The van der Waals surface area contributed by atoms with E-state index < -0.39 is 12.1 Å². The maximum Gasteiger partial charge on any atom is 0.416 e. The van der Waals surface area contributed by atoms with E-state index in [9.17, 15) is 24.6 Å². The smallest absolute Gasteiger partial charge is 0.416 e. The van der Waals surface area contributed by atoms with Crippen molar-refractivity contribution in [1.82, 2.24) is 24.0 Å². The summed E-state index contributed by atoms with van der Waals surface area (Å²) in [6.07, 6.45) is 5.13. The van der Waals surface area contributed by atoms with E-state index in [1.54, 1.807) is 12.4 Å². The number of aromatic nitrogens is 4. The summed E-state index contributed by atoms with van der Waals surface area (Å²) in [6.45, 7) is 3.44. The molecule has 1 aromatic carbocycles. The highest BCUT2D eigenvalue weighted by Crippen LogP contribution is 2.30. The molecule has 174 valence electrons. The van der Waals surface area contributed by atoms with Crippen LogP contribution in [0.3, 0.4) is 0 Å². The van der Waals surface area contributed by atoms with E-state index in [-0.39, 0.29) is 40.4 Å². The van der Waals surface area contributed by atoms with Crippen LogP contribution in [0.15, 0.2) is 42.9 Å². The molecular weight excluding hydrogens is 438 g/mol. The SMILES string of the molecule is Cc1nc2cnccc2n1C1CCN(CC(=O)c2cn(C(=O)O)c3cccc(C(=O)O)c23)CC1. The number of hydrogen-bond acceptors (Lipinski definition) is 6. The van der Waals surface area contributed by atoms with Gasteiger partial charge in [0.25, 0.3) is 0 Å². The lowest BCUT2D eigenvalue weighted by molar-refractivity contribution is 0.0699. The number of carbonyl (C=O) groups excluding carboxylic acids is 1. The second-order valence-electron chi connectivity index (χ2n) is 8.52. The first-order valence-corrected chi connectivity index (χ1v) is 11.0. The number of pyridine rings is 1. The maximum absolute atomic E-state index is 13.2. The molecule has 0 spiro atoms. The fourth-order valence-electron chi connectivity index (χ4n) is 4.99. The molecule has 4 heterocycles. The van der Waals surface area contributed by atoms with Crippen molar-refractivity contribution < 1.29 is 24.6 Å². The van der Waals surface area contributed by atoms with Gasteiger partial charge in [-0.25, -0.2) is 14.6 Å². The number of likely N-dealkylation sites (tertiary alicyclic amines) is 1. The number of aryl methyl sites for hydroxylation is 1. The standard InChI is InChI=1S/C24H23N5O5/c1-14-26-18-11-25-8-5-19(18)29(14)15-6-9-27(10-7-15)13-21(30)17-12-28(24(33)34)20-4-2-3-16(22(17)20)23(31)32/h2-5,8,11-12,15H,6-7,9-10,13H2,1H3,(H,31,32)(H,33,34). The van der Waals surface area contributed by atoms with Gasteiger partial charge < -0.3 is 14.8 Å². The van der Waals surface area contributed by atoms with Crippen LogP contribution >= 0.6 is 0 Å². The van der Waals surface area contributed by atoms with E-state index in [0.29, 0.717) is 13.1 Å². The summed E-state index contributed by atoms with van der Waals surface area (Å²) < 4.78 is 3.14. The Kier molecular flexibility index (Phi) is 5.37. The number of rotatable bonds is 5. The van der Waals surface area contributed by atoms with Gasteiger partial charge in [0.15, 0.2) is 5.78 Å². The molecule has 3 aromatic heterocycles. The van der Waals surface area contributed by atoms with Crippen molar-refractivity contribution in [2.24, 2.45) is 0 Å². The van der Waals surface area contributed by atoms with Crippen LogP contribution < -0.4 is 0 Å². The normalized spacial score (nSPS) is 15.2. The highest BCUT2D eigenvalue weighted by Gasteiger charge is 2.27. The van der Waals surface area contributed by atoms with Crippen LogP contribution in [0.2, 0.25) is 0 Å². The van der Waals surface area contributed by atoms with Gasteiger partial charge in [-0.1, -0.05) is 6.07 Å². The minimum Gasteiger partial charge on any atom is -0.478 e. The Bertz CT molecular complexity index is 1450. The first-order chi connectivity index (χ1) is 16.3. The molecule has 34 heavy (non-hydrogen) atoms. The van der Waals surface area contributed by atoms with Crippen LogP contribution in [0.1, 0.15) is 45.4 Å². The molecule has 5 rings (SSSR count). The Morgan fingerprint density at radius 2 is 1.82 bits per heavy atom. The summed E-state index contributed by atoms with van der Waals surface area (Å²) in [7, 11) is 0. The minimum atomic E-state index is -1.27. The summed E-state index contributed by atoms with van der Waals surface area (Å²) in [5.74, 6) is -0.575. The Morgan fingerprint density at radius 1 is 1.06 bits per heavy atom. The summed E-state index contributed by atoms with van der Waals surface area (Å²) in [6, 6.07) is 6.58. The average Bonchev–Trinajstić information content (AvgIpc) is 3.37. The average molecular weight is 461 g/mol. The number of aromatic carboxylic acids is 1. The number of piperidine rings is 1. The molecule has 10 heteroatoms. The molecule has 0 aliphatic carbocycles. The number of Topliss-reactive ketones (excluding diaryl/α,β-unsaturated/α-hetero) is 1. The third kappa shape index (κ3) is 3.61. The Hall–Kier alpha value is -4.05. The van der Waals surface area contributed by atoms with Crippen LogP contribution in [-0.2, 0) is 0 Å². The van der Waals surface area contributed by atoms with Gasteiger partial charge in [-0.05, 0) is 38.0 Å². The number of carboxylic acids is 1. The van der Waals surface area contributed by atoms with Gasteiger partial charge in [0.2, 0.25) is 0 Å². The zero-order chi connectivity index (χ0) is 24.0. The topological polar surface area (TPSA) is 131 Å². The first kappa shape index (κ1) is 21.8. The highest BCUT2D eigenvalue weighted by atomic mass is 16.4. The third-order valence-electron chi connectivity index (χ3n) is 6.52. The molecule has 1 aliphatic heterocycles. The molecule has 0 unspecified atom stereocenters. The first-order valence-electron chi connectivity index (χ1n) is 11.0. The maximum atomic E-state index is 13.2. The number of carboxylic acid groups (broad SMARTS) is 2. The minimum absolute atomic E-state index is 0.0866. The van der Waals surface area contributed by atoms with Gasteiger partial charge >= 0.3 is 12.1 Å². The monoisotopic (exact) mass is 461 g/mol. The lowest BCUT2D eigenvalue weighted by Gasteiger charge is -2.33. The largest absolute Gasteiger partial charge is 0.478 e. The van der Waals surface area contributed by atoms with Crippen molar-refractivity contribution in [3.8, 4) is 0 Å². The van der Waals surface area contributed by atoms with Crippen LogP contribution in [-0.4, -0.2) is 71.7 Å². The Morgan fingerprint density at radius 3 is 2.53 bits per heavy atom. The number of carbonyl (C=O) groups is 3. The Labute approximate surface area is 194 Å². The van der Waals surface area contributed by atoms with Crippen molar-refractivity contribution >= 4 is 39.8 Å². The van der Waals surface area contributed by atoms with E-state index in [4.69, 9.17) is 0 Å². The summed E-state index contributed by atoms with van der Waals surface area (Å²) in [5, 5.41) is 19.3. The van der Waals surface area contributed by atoms with Gasteiger partial charge in [-0.2, -0.15) is 0 Å². The molecule has 0 radical (unpaired) electrons. The molecular formula is C24H23N5O5. The van der Waals surface area contributed by atoms with Gasteiger partial charge in [-0.3, -0.25) is 19.2 Å². The van der Waals surface area contributed by atoms with Crippen molar-refractivity contribution in [3.05, 3.63) is 59.8 Å². The zero-order valence-corrected chi connectivity index (χ0v) is 18.5. The van der Waals surface area contributed by atoms with Crippen molar-refractivity contribution in [3.63, 3.8) is 0 Å². The van der Waals surface area contributed by atoms with Gasteiger partial charge in [0, 0.05) is 42.5 Å². The highest BCUT2D eigenvalue weighted by molar-refractivity contribution is 6.16. The summed E-state index contributed by atoms with van der Waals surface area (Å²) in [4.78, 5) is 47.4. The van der Waals surface area contributed by atoms with Gasteiger partial charge in [0.1, 0.15) is 11.3 Å². The number of fused-ring (bicyclic) bond motifs is 2. The Balaban J connectivity index is 1.37. The van der Waals surface area contributed by atoms with Crippen LogP contribution in [0.5, 0.6) is 0 Å². The van der Waals surface area contributed by atoms with E-state index in [0.717, 1.165) is 34.3 Å². The van der Waals surface area contributed by atoms with E-state index in [1.165, 1.54) is 24.4 Å². The molecule has 2 N–H and O–H groups in total. The van der Waals surface area contributed by atoms with Crippen LogP contribution in [0.4, 0.5) is 4.79 Å². The quantitative estimate of drug-likeness (QED) is 0.432. The number of hydrogen-bond donors (Lipinski definition) is 2. The third-order valence-corrected chi connectivity index (χ3v) is 6.52. The molecule has 0 amide bonds. The molecule has 0 saturated carbocycles. The fourth-order valence-corrected chi connectivity index (χ4v) is 4.99. The van der Waals surface area contributed by atoms with Crippen molar-refractivity contribution in [1.29, 1.82) is 0 Å². The number of imidazole rings is 1. The molecule has 1 aliphatic rings.